The maximum absolute atomic E-state index is 14.3. The molecule has 1 atom stereocenters. The molecule has 2 aromatic heterocycles. The molecule has 3 aliphatic rings. The minimum absolute atomic E-state index is 0.0125. The van der Waals surface area contributed by atoms with Gasteiger partial charge < -0.3 is 19.9 Å². The fourth-order valence-corrected chi connectivity index (χ4v) is 7.13. The Morgan fingerprint density at radius 3 is 2.37 bits per heavy atom. The average Bonchev–Trinajstić information content (AvgIpc) is 3.78. The van der Waals surface area contributed by atoms with E-state index in [-0.39, 0.29) is 18.4 Å². The molecule has 0 aliphatic carbocycles. The van der Waals surface area contributed by atoms with Crippen LogP contribution in [0.25, 0.3) is 11.1 Å². The second kappa shape index (κ2) is 13.8. The molecule has 0 bridgehead atoms. The van der Waals surface area contributed by atoms with Crippen LogP contribution in [-0.2, 0) is 18.1 Å². The number of aryl methyl sites for hydroxylation is 1. The Bertz CT molecular complexity index is 1740. The summed E-state index contributed by atoms with van der Waals surface area (Å²) in [6.45, 7) is 6.44. The third kappa shape index (κ3) is 7.03. The lowest BCUT2D eigenvalue weighted by Gasteiger charge is -2.43. The third-order valence-corrected chi connectivity index (χ3v) is 9.81. The van der Waals surface area contributed by atoms with Crippen LogP contribution in [0.5, 0.6) is 5.75 Å². The molecular weight excluding hydrogens is 635 g/mol. The number of nitrogens with one attached hydrogen (secondary N) is 1. The summed E-state index contributed by atoms with van der Waals surface area (Å²) in [6.07, 6.45) is 2.52. The molecule has 1 N–H and O–H groups in total. The summed E-state index contributed by atoms with van der Waals surface area (Å²) < 4.78 is 50.5. The van der Waals surface area contributed by atoms with E-state index in [1.54, 1.807) is 11.8 Å². The van der Waals surface area contributed by atoms with E-state index in [0.29, 0.717) is 23.9 Å². The first kappa shape index (κ1) is 33.1. The molecular formula is C35H42F3N9O2. The van der Waals surface area contributed by atoms with Crippen molar-refractivity contribution in [1.82, 2.24) is 29.5 Å². The van der Waals surface area contributed by atoms with Crippen LogP contribution < -0.4 is 20.0 Å². The molecule has 260 valence electrons. The topological polar surface area (TPSA) is 87.1 Å². The van der Waals surface area contributed by atoms with Crippen molar-refractivity contribution in [2.75, 3.05) is 75.3 Å². The zero-order chi connectivity index (χ0) is 34.1. The summed E-state index contributed by atoms with van der Waals surface area (Å²) in [5.41, 5.74) is 3.23. The number of piperazine rings is 1. The van der Waals surface area contributed by atoms with Crippen molar-refractivity contribution in [3.8, 4) is 16.9 Å². The van der Waals surface area contributed by atoms with Crippen LogP contribution in [0.2, 0.25) is 0 Å². The second-order valence-corrected chi connectivity index (χ2v) is 13.0. The number of benzene rings is 2. The number of likely N-dealkylation sites (N-methyl/N-ethyl adjacent to an activating group) is 1. The van der Waals surface area contributed by atoms with Gasteiger partial charge in [-0.3, -0.25) is 14.4 Å². The lowest BCUT2D eigenvalue weighted by Crippen LogP contribution is -2.52. The molecule has 0 saturated carbocycles. The second-order valence-electron chi connectivity index (χ2n) is 13.0. The van der Waals surface area contributed by atoms with Crippen molar-refractivity contribution in [2.45, 2.75) is 37.5 Å². The maximum Gasteiger partial charge on any atom is 0.421 e. The quantitative estimate of drug-likeness (QED) is 0.249. The number of hydrogen-bond acceptors (Lipinski definition) is 10. The van der Waals surface area contributed by atoms with Gasteiger partial charge in [0.1, 0.15) is 11.3 Å². The minimum atomic E-state index is -4.69. The van der Waals surface area contributed by atoms with Gasteiger partial charge in [0.05, 0.1) is 31.6 Å². The van der Waals surface area contributed by atoms with Crippen molar-refractivity contribution >= 4 is 23.1 Å². The van der Waals surface area contributed by atoms with Crippen LogP contribution in [0.15, 0.2) is 61.1 Å². The third-order valence-electron chi connectivity index (χ3n) is 9.81. The number of aromatic nitrogens is 4. The van der Waals surface area contributed by atoms with Gasteiger partial charge in [-0.05, 0) is 31.5 Å². The zero-order valence-electron chi connectivity index (χ0n) is 28.0. The number of nitrogens with zero attached hydrogens (tertiary/aromatic N) is 8. The highest BCUT2D eigenvalue weighted by molar-refractivity contribution is 5.85. The highest BCUT2D eigenvalue weighted by Crippen LogP contribution is 2.44. The molecule has 11 nitrogen and oxygen atoms in total. The number of halogens is 3. The van der Waals surface area contributed by atoms with Gasteiger partial charge in [0.2, 0.25) is 5.95 Å². The Morgan fingerprint density at radius 1 is 0.939 bits per heavy atom. The van der Waals surface area contributed by atoms with Crippen LogP contribution >= 0.6 is 0 Å². The lowest BCUT2D eigenvalue weighted by molar-refractivity contribution is -0.138. The molecule has 7 rings (SSSR count). The Balaban J connectivity index is 1.20. The number of hydroxylamine groups is 1. The smallest absolute Gasteiger partial charge is 0.421 e. The number of anilines is 4. The molecule has 2 aromatic carbocycles. The number of piperidine rings is 1. The van der Waals surface area contributed by atoms with E-state index in [9.17, 15) is 13.2 Å². The first-order valence-corrected chi connectivity index (χ1v) is 16.7. The molecule has 3 fully saturated rings. The standard InChI is InChI=1S/C35H42F3N9O2/c1-43-14-16-45(17-15-43)26-9-12-46(13-10-26)31-20-32(48-3)29(19-27(31)25-21-40-44(2)23-25)41-34-39-22-28(35(36,37)38)33(42-34)47-30(11-18-49-47)24-7-5-4-6-8-24/h4-8,19-23,26,30H,9-18H2,1-3H3,(H,39,41,42)/t30-/m0/s1. The van der Waals surface area contributed by atoms with Crippen LogP contribution in [0.4, 0.5) is 36.3 Å². The van der Waals surface area contributed by atoms with Crippen molar-refractivity contribution in [2.24, 2.45) is 7.05 Å². The molecule has 0 unspecified atom stereocenters. The largest absolute Gasteiger partial charge is 0.494 e. The predicted molar refractivity (Wildman–Crippen MR) is 182 cm³/mol. The van der Waals surface area contributed by atoms with E-state index >= 15 is 0 Å². The van der Waals surface area contributed by atoms with Crippen molar-refractivity contribution < 1.29 is 22.7 Å². The van der Waals surface area contributed by atoms with Crippen molar-refractivity contribution in [3.05, 3.63) is 72.2 Å². The normalized spacial score (nSPS) is 19.8. The van der Waals surface area contributed by atoms with E-state index in [1.807, 2.05) is 61.9 Å². The SMILES string of the molecule is COc1cc(N2CCC(N3CCN(C)CC3)CC2)c(-c2cnn(C)c2)cc1Nc1ncc(C(F)(F)F)c(N2OCC[C@H]2c2ccccc2)n1. The molecule has 49 heavy (non-hydrogen) atoms. The lowest BCUT2D eigenvalue weighted by atomic mass is 9.98. The molecule has 0 spiro atoms. The van der Waals surface area contributed by atoms with Crippen molar-refractivity contribution in [1.29, 1.82) is 0 Å². The van der Waals surface area contributed by atoms with Gasteiger partial charge >= 0.3 is 6.18 Å². The van der Waals surface area contributed by atoms with Gasteiger partial charge in [-0.1, -0.05) is 30.3 Å². The van der Waals surface area contributed by atoms with Crippen LogP contribution in [0.1, 0.15) is 36.4 Å². The summed E-state index contributed by atoms with van der Waals surface area (Å²) in [5, 5.41) is 8.85. The summed E-state index contributed by atoms with van der Waals surface area (Å²) in [5.74, 6) is 0.164. The van der Waals surface area contributed by atoms with Crippen LogP contribution in [-0.4, -0.2) is 95.6 Å². The Labute approximate surface area is 284 Å². The summed E-state index contributed by atoms with van der Waals surface area (Å²) in [6, 6.07) is 13.4. The van der Waals surface area contributed by atoms with Gasteiger partial charge in [-0.2, -0.15) is 23.3 Å². The minimum Gasteiger partial charge on any atom is -0.494 e. The summed E-state index contributed by atoms with van der Waals surface area (Å²) >= 11 is 0. The Hall–Kier alpha value is -4.40. The number of alkyl halides is 3. The predicted octanol–water partition coefficient (Wildman–Crippen LogP) is 5.75. The van der Waals surface area contributed by atoms with E-state index in [2.05, 4.69) is 42.1 Å². The van der Waals surface area contributed by atoms with Gasteiger partial charge in [0.15, 0.2) is 5.82 Å². The summed E-state index contributed by atoms with van der Waals surface area (Å²) in [7, 11) is 5.63. The monoisotopic (exact) mass is 677 g/mol. The Kier molecular flexibility index (Phi) is 9.36. The molecule has 14 heteroatoms. The molecule has 0 radical (unpaired) electrons. The Morgan fingerprint density at radius 2 is 1.69 bits per heavy atom. The fraction of sp³-hybridized carbons (Fsp3) is 0.457. The van der Waals surface area contributed by atoms with Gasteiger partial charge in [-0.25, -0.2) is 10.0 Å². The number of rotatable bonds is 8. The van der Waals surface area contributed by atoms with Gasteiger partial charge in [0.25, 0.3) is 0 Å². The van der Waals surface area contributed by atoms with E-state index in [0.717, 1.165) is 80.7 Å². The number of ether oxygens (including phenoxy) is 1. The van der Waals surface area contributed by atoms with E-state index in [1.165, 1.54) is 5.06 Å². The van der Waals surface area contributed by atoms with E-state index in [4.69, 9.17) is 9.57 Å². The number of hydrogen-bond donors (Lipinski definition) is 1. The van der Waals surface area contributed by atoms with Crippen LogP contribution in [0.3, 0.4) is 0 Å². The highest BCUT2D eigenvalue weighted by Gasteiger charge is 2.41. The van der Waals surface area contributed by atoms with Crippen molar-refractivity contribution in [3.63, 3.8) is 0 Å². The first-order valence-electron chi connectivity index (χ1n) is 16.7. The fourth-order valence-electron chi connectivity index (χ4n) is 7.13. The van der Waals surface area contributed by atoms with Gasteiger partial charge in [-0.15, -0.1) is 0 Å². The summed E-state index contributed by atoms with van der Waals surface area (Å²) in [4.78, 5) is 21.7. The molecule has 5 heterocycles. The maximum atomic E-state index is 14.3. The average molecular weight is 678 g/mol. The highest BCUT2D eigenvalue weighted by atomic mass is 19.4. The molecule has 3 aliphatic heterocycles. The van der Waals surface area contributed by atoms with E-state index < -0.39 is 17.8 Å². The first-order chi connectivity index (χ1) is 23.7. The zero-order valence-corrected chi connectivity index (χ0v) is 28.0. The molecule has 3 saturated heterocycles. The van der Waals surface area contributed by atoms with Crippen LogP contribution in [0, 0.1) is 0 Å². The molecule has 0 amide bonds. The van der Waals surface area contributed by atoms with Gasteiger partial charge in [0, 0.05) is 94.1 Å². The number of methoxy groups -OCH3 is 1. The molecule has 4 aromatic rings.